The molecule has 0 radical (unpaired) electrons. The summed E-state index contributed by atoms with van der Waals surface area (Å²) >= 11 is 0. The Morgan fingerprint density at radius 2 is 1.86 bits per heavy atom. The minimum atomic E-state index is -3.79. The van der Waals surface area contributed by atoms with Crippen LogP contribution < -0.4 is 14.4 Å². The third kappa shape index (κ3) is 5.23. The number of ether oxygens (including phenoxy) is 1. The van der Waals surface area contributed by atoms with Gasteiger partial charge in [-0.3, -0.25) is 19.2 Å². The van der Waals surface area contributed by atoms with Crippen LogP contribution in [-0.4, -0.2) is 38.7 Å². The number of benzene rings is 2. The van der Waals surface area contributed by atoms with Crippen molar-refractivity contribution in [1.29, 1.82) is 0 Å². The molecule has 0 aliphatic heterocycles. The van der Waals surface area contributed by atoms with Crippen LogP contribution in [-0.2, 0) is 14.8 Å². The van der Waals surface area contributed by atoms with Gasteiger partial charge in [0.2, 0.25) is 15.9 Å². The Labute approximate surface area is 169 Å². The molecule has 9 nitrogen and oxygen atoms in total. The van der Waals surface area contributed by atoms with E-state index in [9.17, 15) is 23.3 Å². The van der Waals surface area contributed by atoms with E-state index in [1.54, 1.807) is 38.1 Å². The SMILES string of the molecule is CC[C@H](C(=O)Nc1cc([N+](=O)[O-])ccc1C)N(c1ccc(OC)cc1)S(C)(=O)=O. The van der Waals surface area contributed by atoms with E-state index >= 15 is 0 Å². The van der Waals surface area contributed by atoms with E-state index in [0.29, 0.717) is 17.0 Å². The summed E-state index contributed by atoms with van der Waals surface area (Å²) in [5.41, 5.74) is 1.01. The van der Waals surface area contributed by atoms with E-state index in [-0.39, 0.29) is 17.8 Å². The number of aryl methyl sites for hydroxylation is 1. The summed E-state index contributed by atoms with van der Waals surface area (Å²) in [5, 5.41) is 13.6. The molecule has 1 amide bonds. The van der Waals surface area contributed by atoms with Gasteiger partial charge in [-0.25, -0.2) is 8.42 Å². The molecule has 10 heteroatoms. The second-order valence-electron chi connectivity index (χ2n) is 6.43. The number of nitro benzene ring substituents is 1. The van der Waals surface area contributed by atoms with Crippen molar-refractivity contribution in [1.82, 2.24) is 0 Å². The number of nitrogens with zero attached hydrogens (tertiary/aromatic N) is 2. The Morgan fingerprint density at radius 3 is 2.34 bits per heavy atom. The molecule has 0 aliphatic carbocycles. The van der Waals surface area contributed by atoms with Crippen molar-refractivity contribution >= 4 is 33.0 Å². The highest BCUT2D eigenvalue weighted by atomic mass is 32.2. The van der Waals surface area contributed by atoms with Crippen LogP contribution in [0.2, 0.25) is 0 Å². The number of nitrogens with one attached hydrogen (secondary N) is 1. The number of carbonyl (C=O) groups excluding carboxylic acids is 1. The predicted molar refractivity (Wildman–Crippen MR) is 111 cm³/mol. The molecular weight excluding hydrogens is 398 g/mol. The van der Waals surface area contributed by atoms with Gasteiger partial charge in [-0.2, -0.15) is 0 Å². The Hall–Kier alpha value is -3.14. The molecule has 0 unspecified atom stereocenters. The van der Waals surface area contributed by atoms with Crippen molar-refractivity contribution in [3.05, 3.63) is 58.1 Å². The summed E-state index contributed by atoms with van der Waals surface area (Å²) in [6.07, 6.45) is 1.21. The smallest absolute Gasteiger partial charge is 0.271 e. The average Bonchev–Trinajstić information content (AvgIpc) is 2.66. The molecule has 0 bridgehead atoms. The minimum absolute atomic E-state index is 0.172. The third-order valence-electron chi connectivity index (χ3n) is 4.35. The zero-order valence-corrected chi connectivity index (χ0v) is 17.4. The number of amides is 1. The molecule has 0 saturated carbocycles. The van der Waals surface area contributed by atoms with Gasteiger partial charge in [0, 0.05) is 12.1 Å². The van der Waals surface area contributed by atoms with Gasteiger partial charge in [0.25, 0.3) is 5.69 Å². The lowest BCUT2D eigenvalue weighted by atomic mass is 10.1. The second-order valence-corrected chi connectivity index (χ2v) is 8.29. The fourth-order valence-corrected chi connectivity index (χ4v) is 4.08. The van der Waals surface area contributed by atoms with Gasteiger partial charge in [-0.05, 0) is 43.2 Å². The van der Waals surface area contributed by atoms with Crippen LogP contribution in [0.15, 0.2) is 42.5 Å². The lowest BCUT2D eigenvalue weighted by Gasteiger charge is -2.30. The van der Waals surface area contributed by atoms with Crippen molar-refractivity contribution in [3.63, 3.8) is 0 Å². The number of methoxy groups -OCH3 is 1. The zero-order chi connectivity index (χ0) is 21.8. The standard InChI is InChI=1S/C19H23N3O6S/c1-5-18(19(23)20-17-12-15(22(24)25)7-6-13(17)2)21(29(4,26)27)14-8-10-16(28-3)11-9-14/h6-12,18H,5H2,1-4H3,(H,20,23)/t18-/m1/s1. The largest absolute Gasteiger partial charge is 0.497 e. The van der Waals surface area contributed by atoms with E-state index in [0.717, 1.165) is 10.6 Å². The second kappa shape index (κ2) is 8.91. The topological polar surface area (TPSA) is 119 Å². The lowest BCUT2D eigenvalue weighted by Crippen LogP contribution is -2.47. The molecule has 0 aliphatic rings. The maximum atomic E-state index is 12.9. The fourth-order valence-electron chi connectivity index (χ4n) is 2.86. The van der Waals surface area contributed by atoms with Gasteiger partial charge in [0.1, 0.15) is 11.8 Å². The van der Waals surface area contributed by atoms with Crippen LogP contribution in [0.25, 0.3) is 0 Å². The third-order valence-corrected chi connectivity index (χ3v) is 5.53. The Bertz CT molecular complexity index is 1010. The number of rotatable bonds is 8. The quantitative estimate of drug-likeness (QED) is 0.517. The summed E-state index contributed by atoms with van der Waals surface area (Å²) in [6, 6.07) is 9.36. The number of carbonyl (C=O) groups is 1. The van der Waals surface area contributed by atoms with Crippen LogP contribution in [0.3, 0.4) is 0 Å². The molecule has 0 fully saturated rings. The first-order valence-corrected chi connectivity index (χ1v) is 10.6. The van der Waals surface area contributed by atoms with Crippen LogP contribution >= 0.6 is 0 Å². The Balaban J connectivity index is 2.41. The molecule has 29 heavy (non-hydrogen) atoms. The minimum Gasteiger partial charge on any atom is -0.497 e. The Kier molecular flexibility index (Phi) is 6.80. The maximum Gasteiger partial charge on any atom is 0.271 e. The van der Waals surface area contributed by atoms with Crippen molar-refractivity contribution in [3.8, 4) is 5.75 Å². The van der Waals surface area contributed by atoms with Crippen molar-refractivity contribution in [2.24, 2.45) is 0 Å². The number of hydrogen-bond acceptors (Lipinski definition) is 6. The van der Waals surface area contributed by atoms with Gasteiger partial charge in [0.15, 0.2) is 0 Å². The lowest BCUT2D eigenvalue weighted by molar-refractivity contribution is -0.384. The van der Waals surface area contributed by atoms with Crippen LogP contribution in [0.4, 0.5) is 17.1 Å². The first-order chi connectivity index (χ1) is 13.6. The van der Waals surface area contributed by atoms with E-state index in [1.165, 1.54) is 25.3 Å². The monoisotopic (exact) mass is 421 g/mol. The van der Waals surface area contributed by atoms with E-state index in [1.807, 2.05) is 0 Å². The molecular formula is C19H23N3O6S. The molecule has 0 aromatic heterocycles. The average molecular weight is 421 g/mol. The van der Waals surface area contributed by atoms with Crippen LogP contribution in [0, 0.1) is 17.0 Å². The molecule has 0 saturated heterocycles. The highest BCUT2D eigenvalue weighted by molar-refractivity contribution is 7.92. The molecule has 1 N–H and O–H groups in total. The molecule has 156 valence electrons. The maximum absolute atomic E-state index is 12.9. The molecule has 2 rings (SSSR count). The summed E-state index contributed by atoms with van der Waals surface area (Å²) in [4.78, 5) is 23.4. The summed E-state index contributed by atoms with van der Waals surface area (Å²) in [5.74, 6) is -0.0377. The van der Waals surface area contributed by atoms with E-state index in [2.05, 4.69) is 5.32 Å². The van der Waals surface area contributed by atoms with Gasteiger partial charge >= 0.3 is 0 Å². The number of anilines is 2. The van der Waals surface area contributed by atoms with Crippen LogP contribution in [0.5, 0.6) is 5.75 Å². The molecule has 2 aromatic carbocycles. The molecule has 1 atom stereocenters. The highest BCUT2D eigenvalue weighted by Gasteiger charge is 2.32. The summed E-state index contributed by atoms with van der Waals surface area (Å²) in [7, 11) is -2.30. The van der Waals surface area contributed by atoms with Gasteiger partial charge < -0.3 is 10.1 Å². The normalized spacial score (nSPS) is 12.1. The predicted octanol–water partition coefficient (Wildman–Crippen LogP) is 3.10. The van der Waals surface area contributed by atoms with E-state index < -0.39 is 26.9 Å². The first-order valence-electron chi connectivity index (χ1n) is 8.77. The van der Waals surface area contributed by atoms with E-state index in [4.69, 9.17) is 4.74 Å². The van der Waals surface area contributed by atoms with Gasteiger partial charge in [0.05, 0.1) is 29.7 Å². The van der Waals surface area contributed by atoms with Crippen molar-refractivity contribution < 1.29 is 22.9 Å². The van der Waals surface area contributed by atoms with Crippen LogP contribution in [0.1, 0.15) is 18.9 Å². The molecule has 0 heterocycles. The summed E-state index contributed by atoms with van der Waals surface area (Å²) in [6.45, 7) is 3.38. The first kappa shape index (κ1) is 22.2. The summed E-state index contributed by atoms with van der Waals surface area (Å²) < 4.78 is 31.1. The number of hydrogen-bond donors (Lipinski definition) is 1. The Morgan fingerprint density at radius 1 is 1.24 bits per heavy atom. The number of nitro groups is 1. The van der Waals surface area contributed by atoms with Gasteiger partial charge in [-0.1, -0.05) is 13.0 Å². The van der Waals surface area contributed by atoms with Crippen molar-refractivity contribution in [2.75, 3.05) is 23.0 Å². The number of sulfonamides is 1. The molecule has 2 aromatic rings. The highest BCUT2D eigenvalue weighted by Crippen LogP contribution is 2.27. The van der Waals surface area contributed by atoms with Gasteiger partial charge in [-0.15, -0.1) is 0 Å². The molecule has 0 spiro atoms. The fraction of sp³-hybridized carbons (Fsp3) is 0.316. The zero-order valence-electron chi connectivity index (χ0n) is 16.6. The van der Waals surface area contributed by atoms with Crippen molar-refractivity contribution in [2.45, 2.75) is 26.3 Å². The number of non-ortho nitro benzene ring substituents is 1.